The van der Waals surface area contributed by atoms with Crippen LogP contribution >= 0.6 is 11.8 Å². The van der Waals surface area contributed by atoms with Crippen LogP contribution in [0.15, 0.2) is 42.5 Å². The number of carbonyl (C=O) groups is 2. The molecule has 4 nitrogen and oxygen atoms in total. The second-order valence-corrected chi connectivity index (χ2v) is 7.13. The van der Waals surface area contributed by atoms with Gasteiger partial charge in [-0.2, -0.15) is 11.8 Å². The van der Waals surface area contributed by atoms with Gasteiger partial charge in [-0.3, -0.25) is 9.59 Å². The average Bonchev–Trinajstić information content (AvgIpc) is 2.61. The van der Waals surface area contributed by atoms with Crippen LogP contribution in [0.2, 0.25) is 0 Å². The van der Waals surface area contributed by atoms with E-state index in [1.165, 1.54) is 16.3 Å². The molecular weight excluding hydrogens is 320 g/mol. The SMILES string of the molecule is O=C1CC(C(=O)NCCSCc2cccc3ccccc23)CCN1. The maximum atomic E-state index is 12.1. The molecule has 0 spiro atoms. The van der Waals surface area contributed by atoms with Crippen LogP contribution in [0.1, 0.15) is 18.4 Å². The van der Waals surface area contributed by atoms with Crippen molar-refractivity contribution in [2.75, 3.05) is 18.8 Å². The number of benzene rings is 2. The maximum absolute atomic E-state index is 12.1. The van der Waals surface area contributed by atoms with Gasteiger partial charge >= 0.3 is 0 Å². The highest BCUT2D eigenvalue weighted by Crippen LogP contribution is 2.22. The monoisotopic (exact) mass is 342 g/mol. The predicted molar refractivity (Wildman–Crippen MR) is 98.9 cm³/mol. The Balaban J connectivity index is 1.42. The highest BCUT2D eigenvalue weighted by Gasteiger charge is 2.24. The topological polar surface area (TPSA) is 58.2 Å². The van der Waals surface area contributed by atoms with Gasteiger partial charge in [-0.15, -0.1) is 0 Å². The van der Waals surface area contributed by atoms with E-state index in [-0.39, 0.29) is 17.7 Å². The Labute approximate surface area is 146 Å². The van der Waals surface area contributed by atoms with Crippen LogP contribution in [0.3, 0.4) is 0 Å². The first-order chi connectivity index (χ1) is 11.7. The molecule has 1 aliphatic heterocycles. The third-order valence-electron chi connectivity index (χ3n) is 4.30. The lowest BCUT2D eigenvalue weighted by molar-refractivity contribution is -0.132. The summed E-state index contributed by atoms with van der Waals surface area (Å²) in [7, 11) is 0. The fourth-order valence-corrected chi connectivity index (χ4v) is 3.86. The van der Waals surface area contributed by atoms with Gasteiger partial charge in [0.05, 0.1) is 0 Å². The van der Waals surface area contributed by atoms with E-state index in [0.29, 0.717) is 19.5 Å². The van der Waals surface area contributed by atoms with Gasteiger partial charge in [-0.25, -0.2) is 0 Å². The minimum Gasteiger partial charge on any atom is -0.356 e. The van der Waals surface area contributed by atoms with E-state index in [1.54, 1.807) is 0 Å². The van der Waals surface area contributed by atoms with E-state index in [1.807, 2.05) is 11.8 Å². The molecule has 24 heavy (non-hydrogen) atoms. The van der Waals surface area contributed by atoms with Crippen molar-refractivity contribution >= 4 is 34.3 Å². The molecule has 1 saturated heterocycles. The quantitative estimate of drug-likeness (QED) is 0.794. The van der Waals surface area contributed by atoms with Crippen LogP contribution < -0.4 is 10.6 Å². The standard InChI is InChI=1S/C19H22N2O2S/c22-18-12-15(8-9-20-18)19(23)21-10-11-24-13-16-6-3-5-14-4-1-2-7-17(14)16/h1-7,15H,8-13H2,(H,20,22)(H,21,23). The summed E-state index contributed by atoms with van der Waals surface area (Å²) in [5.41, 5.74) is 1.33. The van der Waals surface area contributed by atoms with Crippen molar-refractivity contribution in [2.45, 2.75) is 18.6 Å². The number of hydrogen-bond acceptors (Lipinski definition) is 3. The molecule has 1 aliphatic rings. The Hall–Kier alpha value is -2.01. The zero-order valence-electron chi connectivity index (χ0n) is 13.6. The van der Waals surface area contributed by atoms with Gasteiger partial charge in [0.15, 0.2) is 0 Å². The molecular formula is C19H22N2O2S. The molecule has 2 aromatic rings. The lowest BCUT2D eigenvalue weighted by atomic mass is 9.97. The van der Waals surface area contributed by atoms with E-state index in [0.717, 1.165) is 17.9 Å². The first kappa shape index (κ1) is 16.8. The van der Waals surface area contributed by atoms with Gasteiger partial charge in [0.25, 0.3) is 0 Å². The molecule has 0 aliphatic carbocycles. The number of rotatable bonds is 6. The van der Waals surface area contributed by atoms with Crippen molar-refractivity contribution in [2.24, 2.45) is 5.92 Å². The zero-order chi connectivity index (χ0) is 16.8. The molecule has 3 rings (SSSR count). The first-order valence-corrected chi connectivity index (χ1v) is 9.48. The molecule has 2 amide bonds. The molecule has 1 atom stereocenters. The Morgan fingerprint density at radius 1 is 1.21 bits per heavy atom. The summed E-state index contributed by atoms with van der Waals surface area (Å²) in [5.74, 6) is 1.63. The summed E-state index contributed by atoms with van der Waals surface area (Å²) >= 11 is 1.82. The van der Waals surface area contributed by atoms with Crippen molar-refractivity contribution in [3.05, 3.63) is 48.0 Å². The van der Waals surface area contributed by atoms with Crippen molar-refractivity contribution in [3.63, 3.8) is 0 Å². The van der Waals surface area contributed by atoms with Gasteiger partial charge in [-0.1, -0.05) is 42.5 Å². The summed E-state index contributed by atoms with van der Waals surface area (Å²) in [6.07, 6.45) is 1.05. The fourth-order valence-electron chi connectivity index (χ4n) is 3.00. The van der Waals surface area contributed by atoms with Crippen LogP contribution in [0.25, 0.3) is 10.8 Å². The second kappa shape index (κ2) is 8.20. The van der Waals surface area contributed by atoms with E-state index in [9.17, 15) is 9.59 Å². The van der Waals surface area contributed by atoms with Crippen molar-refractivity contribution in [1.29, 1.82) is 0 Å². The van der Waals surface area contributed by atoms with Gasteiger partial charge in [0.1, 0.15) is 0 Å². The van der Waals surface area contributed by atoms with E-state index in [2.05, 4.69) is 53.1 Å². The van der Waals surface area contributed by atoms with Crippen LogP contribution in [0.5, 0.6) is 0 Å². The molecule has 0 aromatic heterocycles. The number of carbonyl (C=O) groups excluding carboxylic acids is 2. The normalized spacial score (nSPS) is 17.5. The minimum absolute atomic E-state index is 0.00982. The molecule has 0 saturated carbocycles. The third kappa shape index (κ3) is 4.29. The van der Waals surface area contributed by atoms with Gasteiger partial charge in [0, 0.05) is 36.9 Å². The second-order valence-electron chi connectivity index (χ2n) is 6.02. The molecule has 2 N–H and O–H groups in total. The Kier molecular flexibility index (Phi) is 5.75. The summed E-state index contributed by atoms with van der Waals surface area (Å²) in [5, 5.41) is 8.27. The van der Waals surface area contributed by atoms with Crippen LogP contribution in [0.4, 0.5) is 0 Å². The zero-order valence-corrected chi connectivity index (χ0v) is 14.4. The number of hydrogen-bond donors (Lipinski definition) is 2. The predicted octanol–water partition coefficient (Wildman–Crippen LogP) is 2.72. The fraction of sp³-hybridized carbons (Fsp3) is 0.368. The lowest BCUT2D eigenvalue weighted by Crippen LogP contribution is -2.41. The van der Waals surface area contributed by atoms with E-state index < -0.39 is 0 Å². The lowest BCUT2D eigenvalue weighted by Gasteiger charge is -2.21. The molecule has 2 aromatic carbocycles. The van der Waals surface area contributed by atoms with Gasteiger partial charge in [-0.05, 0) is 22.8 Å². The molecule has 0 radical (unpaired) electrons. The Morgan fingerprint density at radius 2 is 2.04 bits per heavy atom. The molecule has 126 valence electrons. The highest BCUT2D eigenvalue weighted by atomic mass is 32.2. The third-order valence-corrected chi connectivity index (χ3v) is 5.31. The highest BCUT2D eigenvalue weighted by molar-refractivity contribution is 7.98. The minimum atomic E-state index is -0.165. The number of thioether (sulfide) groups is 1. The average molecular weight is 342 g/mol. The summed E-state index contributed by atoms with van der Waals surface area (Å²) < 4.78 is 0. The number of amides is 2. The maximum Gasteiger partial charge on any atom is 0.223 e. The number of piperidine rings is 1. The van der Waals surface area contributed by atoms with Crippen LogP contribution in [-0.2, 0) is 15.3 Å². The first-order valence-electron chi connectivity index (χ1n) is 8.33. The van der Waals surface area contributed by atoms with Gasteiger partial charge in [0.2, 0.25) is 11.8 Å². The van der Waals surface area contributed by atoms with Crippen LogP contribution in [-0.4, -0.2) is 30.7 Å². The summed E-state index contributed by atoms with van der Waals surface area (Å²) in [6, 6.07) is 14.8. The Morgan fingerprint density at radius 3 is 2.92 bits per heavy atom. The molecule has 1 unspecified atom stereocenters. The van der Waals surface area contributed by atoms with Gasteiger partial charge < -0.3 is 10.6 Å². The van der Waals surface area contributed by atoms with Crippen molar-refractivity contribution in [1.82, 2.24) is 10.6 Å². The van der Waals surface area contributed by atoms with Crippen molar-refractivity contribution in [3.8, 4) is 0 Å². The number of fused-ring (bicyclic) bond motifs is 1. The van der Waals surface area contributed by atoms with E-state index >= 15 is 0 Å². The van der Waals surface area contributed by atoms with Crippen LogP contribution in [0, 0.1) is 5.92 Å². The Bertz CT molecular complexity index is 727. The smallest absolute Gasteiger partial charge is 0.223 e. The number of nitrogens with one attached hydrogen (secondary N) is 2. The summed E-state index contributed by atoms with van der Waals surface area (Å²) in [4.78, 5) is 23.4. The molecule has 0 bridgehead atoms. The summed E-state index contributed by atoms with van der Waals surface area (Å²) in [6.45, 7) is 1.25. The molecule has 1 fully saturated rings. The molecule has 5 heteroatoms. The largest absolute Gasteiger partial charge is 0.356 e. The molecule has 1 heterocycles. The van der Waals surface area contributed by atoms with Crippen molar-refractivity contribution < 1.29 is 9.59 Å². The van der Waals surface area contributed by atoms with E-state index in [4.69, 9.17) is 0 Å².